The van der Waals surface area contributed by atoms with Crippen LogP contribution in [0, 0.1) is 0 Å². The molecule has 1 atom stereocenters. The van der Waals surface area contributed by atoms with Crippen LogP contribution >= 0.6 is 23.2 Å². The number of benzene rings is 1. The van der Waals surface area contributed by atoms with Crippen LogP contribution in [0.15, 0.2) is 18.2 Å². The van der Waals surface area contributed by atoms with E-state index < -0.39 is 11.3 Å². The second-order valence-corrected chi connectivity index (χ2v) is 4.01. The fourth-order valence-corrected chi connectivity index (χ4v) is 1.73. The molecule has 86 valence electrons. The smallest absolute Gasteiger partial charge is 0.339 e. The Morgan fingerprint density at radius 3 is 2.50 bits per heavy atom. The van der Waals surface area contributed by atoms with Crippen LogP contribution in [0.4, 0.5) is 0 Å². The third-order valence-corrected chi connectivity index (χ3v) is 2.92. The molecular weight excluding hydrogens is 251 g/mol. The van der Waals surface area contributed by atoms with Crippen LogP contribution in [0.5, 0.6) is 0 Å². The number of hydrogen-bond donors (Lipinski definition) is 0. The third-order valence-electron chi connectivity index (χ3n) is 2.07. The van der Waals surface area contributed by atoms with Gasteiger partial charge in [-0.15, -0.1) is 11.6 Å². The molecule has 0 radical (unpaired) electrons. The third kappa shape index (κ3) is 2.54. The largest absolute Gasteiger partial charge is 0.465 e. The summed E-state index contributed by atoms with van der Waals surface area (Å²) in [6.45, 7) is 1.35. The van der Waals surface area contributed by atoms with Crippen molar-refractivity contribution >= 4 is 35.0 Å². The summed E-state index contributed by atoms with van der Waals surface area (Å²) in [5.74, 6) is -0.860. The Hall–Kier alpha value is -1.06. The first-order valence-electron chi connectivity index (χ1n) is 4.50. The molecule has 1 rings (SSSR count). The molecule has 0 amide bonds. The van der Waals surface area contributed by atoms with Gasteiger partial charge in [0.25, 0.3) is 0 Å². The number of halogens is 2. The number of hydrogen-bond acceptors (Lipinski definition) is 3. The van der Waals surface area contributed by atoms with Crippen LogP contribution in [0.3, 0.4) is 0 Å². The zero-order chi connectivity index (χ0) is 12.3. The van der Waals surface area contributed by atoms with Gasteiger partial charge in [-0.1, -0.05) is 23.7 Å². The molecule has 5 heteroatoms. The lowest BCUT2D eigenvalue weighted by molar-refractivity contribution is -0.116. The molecule has 0 saturated heterocycles. The normalized spacial score (nSPS) is 12.0. The van der Waals surface area contributed by atoms with E-state index in [9.17, 15) is 9.59 Å². The zero-order valence-electron chi connectivity index (χ0n) is 8.79. The molecule has 0 bridgehead atoms. The second-order valence-electron chi connectivity index (χ2n) is 3.17. The first-order chi connectivity index (χ1) is 7.49. The Balaban J connectivity index is 3.33. The Bertz CT molecular complexity index is 429. The van der Waals surface area contributed by atoms with Crippen LogP contribution in [0.2, 0.25) is 5.02 Å². The van der Waals surface area contributed by atoms with Gasteiger partial charge >= 0.3 is 5.97 Å². The number of carbonyl (C=O) groups is 2. The summed E-state index contributed by atoms with van der Waals surface area (Å²) < 4.78 is 4.59. The highest BCUT2D eigenvalue weighted by Gasteiger charge is 2.23. The van der Waals surface area contributed by atoms with Crippen molar-refractivity contribution in [2.45, 2.75) is 12.3 Å². The van der Waals surface area contributed by atoms with Crippen LogP contribution < -0.4 is 0 Å². The SMILES string of the molecule is COC(=O)c1c(Cl)cccc1C(Cl)C(C)=O. The average molecular weight is 261 g/mol. The number of methoxy groups -OCH3 is 1. The van der Waals surface area contributed by atoms with E-state index in [0.717, 1.165) is 0 Å². The van der Waals surface area contributed by atoms with Gasteiger partial charge in [0.05, 0.1) is 17.7 Å². The molecule has 0 saturated carbocycles. The Morgan fingerprint density at radius 1 is 1.38 bits per heavy atom. The summed E-state index contributed by atoms with van der Waals surface area (Å²) in [4.78, 5) is 22.7. The molecule has 0 aliphatic heterocycles. The van der Waals surface area contributed by atoms with E-state index in [2.05, 4.69) is 4.74 Å². The number of ketones is 1. The Labute approximate surface area is 103 Å². The maximum Gasteiger partial charge on any atom is 0.339 e. The summed E-state index contributed by atoms with van der Waals surface area (Å²) in [6.07, 6.45) is 0. The van der Waals surface area contributed by atoms with Crippen LogP contribution in [0.25, 0.3) is 0 Å². The van der Waals surface area contributed by atoms with Crippen molar-refractivity contribution in [3.05, 3.63) is 34.3 Å². The highest BCUT2D eigenvalue weighted by Crippen LogP contribution is 2.30. The van der Waals surface area contributed by atoms with Gasteiger partial charge < -0.3 is 4.74 Å². The van der Waals surface area contributed by atoms with E-state index >= 15 is 0 Å². The molecule has 0 fully saturated rings. The molecule has 0 aromatic heterocycles. The minimum atomic E-state index is -0.896. The molecule has 0 heterocycles. The quantitative estimate of drug-likeness (QED) is 0.620. The Kier molecular flexibility index (Phi) is 4.33. The average Bonchev–Trinajstić information content (AvgIpc) is 2.26. The topological polar surface area (TPSA) is 43.4 Å². The monoisotopic (exact) mass is 260 g/mol. The summed E-state index contributed by atoms with van der Waals surface area (Å²) in [6, 6.07) is 4.75. The minimum Gasteiger partial charge on any atom is -0.465 e. The lowest BCUT2D eigenvalue weighted by Crippen LogP contribution is -2.11. The molecule has 0 N–H and O–H groups in total. The van der Waals surface area contributed by atoms with Gasteiger partial charge in [0.2, 0.25) is 0 Å². The van der Waals surface area contributed by atoms with Gasteiger partial charge in [0.15, 0.2) is 5.78 Å². The fourth-order valence-electron chi connectivity index (χ4n) is 1.29. The molecule has 1 aromatic carbocycles. The molecule has 16 heavy (non-hydrogen) atoms. The maximum absolute atomic E-state index is 11.5. The van der Waals surface area contributed by atoms with Crippen molar-refractivity contribution in [1.82, 2.24) is 0 Å². The van der Waals surface area contributed by atoms with Gasteiger partial charge in [-0.3, -0.25) is 4.79 Å². The van der Waals surface area contributed by atoms with Crippen LogP contribution in [0.1, 0.15) is 28.2 Å². The molecule has 1 unspecified atom stereocenters. The van der Waals surface area contributed by atoms with E-state index in [4.69, 9.17) is 23.2 Å². The molecule has 1 aromatic rings. The molecule has 0 aliphatic carbocycles. The predicted octanol–water partition coefficient (Wildman–Crippen LogP) is 3.00. The highest BCUT2D eigenvalue weighted by atomic mass is 35.5. The number of esters is 1. The standard InChI is InChI=1S/C11H10Cl2O3/c1-6(14)10(13)7-4-3-5-8(12)9(7)11(15)16-2/h3-5,10H,1-2H3. The van der Waals surface area contributed by atoms with E-state index in [1.54, 1.807) is 18.2 Å². The van der Waals surface area contributed by atoms with Gasteiger partial charge in [-0.05, 0) is 18.6 Å². The van der Waals surface area contributed by atoms with E-state index in [1.165, 1.54) is 14.0 Å². The second kappa shape index (κ2) is 5.32. The van der Waals surface area contributed by atoms with E-state index in [-0.39, 0.29) is 16.4 Å². The number of rotatable bonds is 3. The maximum atomic E-state index is 11.5. The van der Waals surface area contributed by atoms with Crippen molar-refractivity contribution in [3.8, 4) is 0 Å². The van der Waals surface area contributed by atoms with Crippen molar-refractivity contribution < 1.29 is 14.3 Å². The molecule has 0 spiro atoms. The molecule has 3 nitrogen and oxygen atoms in total. The molecular formula is C11H10Cl2O3. The van der Waals surface area contributed by atoms with Gasteiger partial charge in [-0.25, -0.2) is 4.79 Å². The predicted molar refractivity (Wildman–Crippen MR) is 62.1 cm³/mol. The summed E-state index contributed by atoms with van der Waals surface area (Å²) in [7, 11) is 1.24. The lowest BCUT2D eigenvalue weighted by atomic mass is 10.0. The Morgan fingerprint density at radius 2 is 2.00 bits per heavy atom. The van der Waals surface area contributed by atoms with Gasteiger partial charge in [0.1, 0.15) is 5.38 Å². The van der Waals surface area contributed by atoms with Crippen molar-refractivity contribution in [3.63, 3.8) is 0 Å². The van der Waals surface area contributed by atoms with Crippen molar-refractivity contribution in [2.24, 2.45) is 0 Å². The molecule has 0 aliphatic rings. The lowest BCUT2D eigenvalue weighted by Gasteiger charge is -2.12. The fraction of sp³-hybridized carbons (Fsp3) is 0.273. The number of alkyl halides is 1. The van der Waals surface area contributed by atoms with Crippen molar-refractivity contribution in [1.29, 1.82) is 0 Å². The first-order valence-corrected chi connectivity index (χ1v) is 5.31. The summed E-state index contributed by atoms with van der Waals surface area (Å²) in [5.41, 5.74) is 0.510. The van der Waals surface area contributed by atoms with E-state index in [0.29, 0.717) is 5.56 Å². The highest BCUT2D eigenvalue weighted by molar-refractivity contribution is 6.35. The zero-order valence-corrected chi connectivity index (χ0v) is 10.3. The van der Waals surface area contributed by atoms with Gasteiger partial charge in [0, 0.05) is 0 Å². The number of Topliss-reactive ketones (excluding diaryl/α,β-unsaturated/α-hetero) is 1. The number of carbonyl (C=O) groups excluding carboxylic acids is 2. The summed E-state index contributed by atoms with van der Waals surface area (Å²) >= 11 is 11.8. The van der Waals surface area contributed by atoms with Crippen LogP contribution in [-0.4, -0.2) is 18.9 Å². The van der Waals surface area contributed by atoms with Crippen LogP contribution in [-0.2, 0) is 9.53 Å². The first kappa shape index (κ1) is 13.0. The van der Waals surface area contributed by atoms with Gasteiger partial charge in [-0.2, -0.15) is 0 Å². The number of ether oxygens (including phenoxy) is 1. The van der Waals surface area contributed by atoms with E-state index in [1.807, 2.05) is 0 Å². The minimum absolute atomic E-state index is 0.141. The summed E-state index contributed by atoms with van der Waals surface area (Å²) in [5, 5.41) is -0.677. The van der Waals surface area contributed by atoms with Crippen molar-refractivity contribution in [2.75, 3.05) is 7.11 Å².